The smallest absolute Gasteiger partial charge is 0.0587 e. The highest BCUT2D eigenvalue weighted by Gasteiger charge is 2.07. The normalized spacial score (nSPS) is 12.8. The predicted octanol–water partition coefficient (Wildman–Crippen LogP) is 2.64. The summed E-state index contributed by atoms with van der Waals surface area (Å²) in [7, 11) is 1.73. The lowest BCUT2D eigenvalue weighted by molar-refractivity contribution is 0.199. The van der Waals surface area contributed by atoms with Crippen molar-refractivity contribution in [3.8, 4) is 0 Å². The maximum atomic E-state index is 5.01. The molecule has 0 fully saturated rings. The minimum absolute atomic E-state index is 0.553. The van der Waals surface area contributed by atoms with E-state index in [9.17, 15) is 0 Å². The number of nitrogens with one attached hydrogen (secondary N) is 1. The van der Waals surface area contributed by atoms with Crippen LogP contribution in [0.5, 0.6) is 0 Å². The van der Waals surface area contributed by atoms with Gasteiger partial charge in [0.1, 0.15) is 0 Å². The average molecular weight is 221 g/mol. The van der Waals surface area contributed by atoms with Crippen molar-refractivity contribution in [1.82, 2.24) is 5.32 Å². The van der Waals surface area contributed by atoms with Crippen LogP contribution in [-0.2, 0) is 4.74 Å². The summed E-state index contributed by atoms with van der Waals surface area (Å²) in [5, 5.41) is 3.40. The third-order valence-electron chi connectivity index (χ3n) is 2.89. The molecular formula is C14H23NO. The van der Waals surface area contributed by atoms with Crippen LogP contribution in [0.15, 0.2) is 18.2 Å². The zero-order chi connectivity index (χ0) is 12.0. The quantitative estimate of drug-likeness (QED) is 0.746. The molecule has 2 heteroatoms. The van der Waals surface area contributed by atoms with E-state index in [1.807, 2.05) is 0 Å². The Morgan fingerprint density at radius 2 is 2.06 bits per heavy atom. The first kappa shape index (κ1) is 13.2. The average Bonchev–Trinajstić information content (AvgIpc) is 2.24. The van der Waals surface area contributed by atoms with Gasteiger partial charge in [0.05, 0.1) is 6.61 Å². The highest BCUT2D eigenvalue weighted by atomic mass is 16.5. The Hall–Kier alpha value is -0.860. The number of benzene rings is 1. The summed E-state index contributed by atoms with van der Waals surface area (Å²) in [6, 6.07) is 6.68. The molecule has 90 valence electrons. The van der Waals surface area contributed by atoms with E-state index in [0.717, 1.165) is 19.7 Å². The zero-order valence-corrected chi connectivity index (χ0v) is 10.8. The first-order valence-electron chi connectivity index (χ1n) is 5.92. The summed E-state index contributed by atoms with van der Waals surface area (Å²) < 4.78 is 5.01. The molecule has 0 saturated carbocycles. The first-order valence-corrected chi connectivity index (χ1v) is 5.92. The molecule has 0 aliphatic carbocycles. The Bertz CT molecular complexity index is 323. The van der Waals surface area contributed by atoms with Gasteiger partial charge in [-0.2, -0.15) is 0 Å². The molecule has 0 aliphatic heterocycles. The van der Waals surface area contributed by atoms with Gasteiger partial charge >= 0.3 is 0 Å². The number of hydrogen-bond acceptors (Lipinski definition) is 2. The van der Waals surface area contributed by atoms with Crippen molar-refractivity contribution >= 4 is 0 Å². The number of hydrogen-bond donors (Lipinski definition) is 1. The molecule has 0 radical (unpaired) electrons. The van der Waals surface area contributed by atoms with E-state index in [4.69, 9.17) is 4.74 Å². The highest BCUT2D eigenvalue weighted by molar-refractivity contribution is 5.32. The number of rotatable bonds is 6. The second-order valence-corrected chi connectivity index (χ2v) is 4.46. The van der Waals surface area contributed by atoms with Crippen LogP contribution in [0, 0.1) is 13.8 Å². The van der Waals surface area contributed by atoms with Crippen molar-refractivity contribution in [3.63, 3.8) is 0 Å². The molecule has 1 N–H and O–H groups in total. The van der Waals surface area contributed by atoms with E-state index < -0.39 is 0 Å². The molecule has 1 atom stereocenters. The van der Waals surface area contributed by atoms with E-state index in [0.29, 0.717) is 5.92 Å². The van der Waals surface area contributed by atoms with Crippen LogP contribution in [0.1, 0.15) is 29.5 Å². The van der Waals surface area contributed by atoms with Gasteiger partial charge < -0.3 is 10.1 Å². The van der Waals surface area contributed by atoms with Crippen LogP contribution in [0.3, 0.4) is 0 Å². The monoisotopic (exact) mass is 221 g/mol. The Kier molecular flexibility index (Phi) is 5.50. The van der Waals surface area contributed by atoms with Crippen LogP contribution >= 0.6 is 0 Å². The lowest BCUT2D eigenvalue weighted by Gasteiger charge is -2.16. The van der Waals surface area contributed by atoms with Crippen molar-refractivity contribution in [2.45, 2.75) is 26.7 Å². The molecular weight excluding hydrogens is 198 g/mol. The SMILES string of the molecule is COCCNCC(C)c1ccc(C)cc1C. The van der Waals surface area contributed by atoms with Crippen molar-refractivity contribution < 1.29 is 4.74 Å². The molecule has 1 rings (SSSR count). The molecule has 0 aromatic heterocycles. The molecule has 0 bridgehead atoms. The molecule has 0 amide bonds. The summed E-state index contributed by atoms with van der Waals surface area (Å²) in [5.74, 6) is 0.553. The molecule has 1 unspecified atom stereocenters. The van der Waals surface area contributed by atoms with Crippen molar-refractivity contribution in [2.24, 2.45) is 0 Å². The third-order valence-corrected chi connectivity index (χ3v) is 2.89. The maximum Gasteiger partial charge on any atom is 0.0587 e. The van der Waals surface area contributed by atoms with Crippen LogP contribution in [0.2, 0.25) is 0 Å². The summed E-state index contributed by atoms with van der Waals surface area (Å²) in [6.07, 6.45) is 0. The fraction of sp³-hybridized carbons (Fsp3) is 0.571. The van der Waals surface area contributed by atoms with Gasteiger partial charge in [-0.3, -0.25) is 0 Å². The fourth-order valence-corrected chi connectivity index (χ4v) is 1.98. The maximum absolute atomic E-state index is 5.01. The Morgan fingerprint density at radius 1 is 1.31 bits per heavy atom. The lowest BCUT2D eigenvalue weighted by Crippen LogP contribution is -2.24. The van der Waals surface area contributed by atoms with E-state index in [2.05, 4.69) is 44.3 Å². The summed E-state index contributed by atoms with van der Waals surface area (Å²) >= 11 is 0. The van der Waals surface area contributed by atoms with Crippen LogP contribution in [-0.4, -0.2) is 26.8 Å². The van der Waals surface area contributed by atoms with Gasteiger partial charge in [-0.15, -0.1) is 0 Å². The second kappa shape index (κ2) is 6.66. The Balaban J connectivity index is 2.49. The summed E-state index contributed by atoms with van der Waals surface area (Å²) in [6.45, 7) is 9.29. The second-order valence-electron chi connectivity index (χ2n) is 4.46. The molecule has 0 heterocycles. The number of ether oxygens (including phenoxy) is 1. The molecule has 2 nitrogen and oxygen atoms in total. The molecule has 0 aliphatic rings. The minimum Gasteiger partial charge on any atom is -0.383 e. The van der Waals surface area contributed by atoms with Gasteiger partial charge in [0.25, 0.3) is 0 Å². The highest BCUT2D eigenvalue weighted by Crippen LogP contribution is 2.19. The lowest BCUT2D eigenvalue weighted by atomic mass is 9.95. The zero-order valence-electron chi connectivity index (χ0n) is 10.8. The standard InChI is InChI=1S/C14H23NO/c1-11-5-6-14(12(2)9-11)13(3)10-15-7-8-16-4/h5-6,9,13,15H,7-8,10H2,1-4H3. The third kappa shape index (κ3) is 3.95. The van der Waals surface area contributed by atoms with Crippen LogP contribution < -0.4 is 5.32 Å². The topological polar surface area (TPSA) is 21.3 Å². The van der Waals surface area contributed by atoms with Crippen molar-refractivity contribution in [1.29, 1.82) is 0 Å². The molecule has 1 aromatic carbocycles. The van der Waals surface area contributed by atoms with Gasteiger partial charge in [0, 0.05) is 20.2 Å². The molecule has 16 heavy (non-hydrogen) atoms. The van der Waals surface area contributed by atoms with Crippen LogP contribution in [0.4, 0.5) is 0 Å². The Labute approximate surface area is 99.0 Å². The molecule has 0 saturated heterocycles. The van der Waals surface area contributed by atoms with Gasteiger partial charge in [-0.05, 0) is 30.9 Å². The summed E-state index contributed by atoms with van der Waals surface area (Å²) in [5.41, 5.74) is 4.16. The number of aryl methyl sites for hydroxylation is 2. The van der Waals surface area contributed by atoms with Crippen molar-refractivity contribution in [3.05, 3.63) is 34.9 Å². The van der Waals surface area contributed by atoms with Crippen LogP contribution in [0.25, 0.3) is 0 Å². The first-order chi connectivity index (χ1) is 7.65. The molecule has 0 spiro atoms. The van der Waals surface area contributed by atoms with E-state index in [1.165, 1.54) is 16.7 Å². The molecule has 1 aromatic rings. The van der Waals surface area contributed by atoms with E-state index >= 15 is 0 Å². The Morgan fingerprint density at radius 3 is 2.69 bits per heavy atom. The fourth-order valence-electron chi connectivity index (χ4n) is 1.98. The van der Waals surface area contributed by atoms with Gasteiger partial charge in [0.15, 0.2) is 0 Å². The number of methoxy groups -OCH3 is 1. The summed E-state index contributed by atoms with van der Waals surface area (Å²) in [4.78, 5) is 0. The van der Waals surface area contributed by atoms with Gasteiger partial charge in [0.2, 0.25) is 0 Å². The van der Waals surface area contributed by atoms with Gasteiger partial charge in [-0.1, -0.05) is 30.7 Å². The predicted molar refractivity (Wildman–Crippen MR) is 69.1 cm³/mol. The largest absolute Gasteiger partial charge is 0.383 e. The van der Waals surface area contributed by atoms with E-state index in [-0.39, 0.29) is 0 Å². The van der Waals surface area contributed by atoms with Crippen molar-refractivity contribution in [2.75, 3.05) is 26.8 Å². The van der Waals surface area contributed by atoms with Gasteiger partial charge in [-0.25, -0.2) is 0 Å². The minimum atomic E-state index is 0.553. The van der Waals surface area contributed by atoms with E-state index in [1.54, 1.807) is 7.11 Å².